The number of ketones is 1. The van der Waals surface area contributed by atoms with Gasteiger partial charge in [-0.15, -0.1) is 0 Å². The molecular weight excluding hydrogens is 340 g/mol. The zero-order valence-electron chi connectivity index (χ0n) is 13.5. The molecule has 25 heavy (non-hydrogen) atoms. The highest BCUT2D eigenvalue weighted by atomic mass is 35.5. The molecule has 0 fully saturated rings. The lowest BCUT2D eigenvalue weighted by Gasteiger charge is -2.36. The maximum Gasteiger partial charge on any atom is 0.197 e. The van der Waals surface area contributed by atoms with Crippen molar-refractivity contribution in [1.82, 2.24) is 0 Å². The van der Waals surface area contributed by atoms with Crippen molar-refractivity contribution in [3.05, 3.63) is 76.0 Å². The molecule has 2 aromatic carbocycles. The summed E-state index contributed by atoms with van der Waals surface area (Å²) >= 11 is 6.03. The molecule has 126 valence electrons. The van der Waals surface area contributed by atoms with Crippen molar-refractivity contribution in [2.75, 3.05) is 0 Å². The number of rotatable bonds is 2. The second-order valence-corrected chi connectivity index (χ2v) is 6.88. The molecule has 4 rings (SSSR count). The van der Waals surface area contributed by atoms with Crippen molar-refractivity contribution in [3.63, 3.8) is 0 Å². The number of fused-ring (bicyclic) bond motifs is 4. The molecule has 3 aromatic rings. The summed E-state index contributed by atoms with van der Waals surface area (Å²) in [6.45, 7) is 5.46. The number of carbonyl (C=O) groups excluding carboxylic acids is 1. The number of furan rings is 1. The number of aromatic hydroxyl groups is 1. The number of aliphatic hydroxyl groups is 1. The fourth-order valence-corrected chi connectivity index (χ4v) is 3.89. The summed E-state index contributed by atoms with van der Waals surface area (Å²) in [5.74, 6) is 0.0616. The van der Waals surface area contributed by atoms with E-state index >= 15 is 0 Å². The van der Waals surface area contributed by atoms with Gasteiger partial charge in [0, 0.05) is 28.0 Å². The van der Waals surface area contributed by atoms with Crippen molar-refractivity contribution in [2.45, 2.75) is 18.9 Å². The molecule has 0 saturated heterocycles. The third-order valence-corrected chi connectivity index (χ3v) is 4.75. The number of hydrogen-bond acceptors (Lipinski definition) is 4. The van der Waals surface area contributed by atoms with Crippen molar-refractivity contribution >= 4 is 28.4 Å². The molecule has 0 amide bonds. The highest BCUT2D eigenvalue weighted by Crippen LogP contribution is 2.49. The molecule has 0 bridgehead atoms. The van der Waals surface area contributed by atoms with Gasteiger partial charge in [-0.2, -0.15) is 0 Å². The Morgan fingerprint density at radius 2 is 2.04 bits per heavy atom. The van der Waals surface area contributed by atoms with E-state index in [0.29, 0.717) is 27.9 Å². The monoisotopic (exact) mass is 354 g/mol. The van der Waals surface area contributed by atoms with E-state index in [1.807, 2.05) is 0 Å². The maximum atomic E-state index is 13.0. The molecule has 1 aliphatic carbocycles. The van der Waals surface area contributed by atoms with E-state index < -0.39 is 5.60 Å². The SMILES string of the molecule is C=C(Cl)C[C@@]1(O)c2ccccc2C(=O)c2c(O)cc3cc(C)oc3c21. The molecule has 1 aromatic heterocycles. The predicted molar refractivity (Wildman–Crippen MR) is 95.1 cm³/mol. The van der Waals surface area contributed by atoms with Gasteiger partial charge in [-0.05, 0) is 24.6 Å². The van der Waals surface area contributed by atoms with E-state index in [9.17, 15) is 15.0 Å². The lowest BCUT2D eigenvalue weighted by atomic mass is 9.71. The van der Waals surface area contributed by atoms with Crippen LogP contribution >= 0.6 is 11.6 Å². The average Bonchev–Trinajstić information content (AvgIpc) is 2.91. The van der Waals surface area contributed by atoms with Gasteiger partial charge in [-0.3, -0.25) is 4.79 Å². The molecule has 0 aliphatic heterocycles. The third kappa shape index (κ3) is 2.15. The van der Waals surface area contributed by atoms with Crippen LogP contribution in [0.15, 0.2) is 52.4 Å². The van der Waals surface area contributed by atoms with Gasteiger partial charge in [0.05, 0.1) is 5.56 Å². The lowest BCUT2D eigenvalue weighted by molar-refractivity contribution is 0.0735. The van der Waals surface area contributed by atoms with Gasteiger partial charge in [-0.25, -0.2) is 0 Å². The molecule has 1 aliphatic rings. The maximum absolute atomic E-state index is 13.0. The highest BCUT2D eigenvalue weighted by molar-refractivity contribution is 6.29. The molecule has 0 spiro atoms. The first kappa shape index (κ1) is 15.9. The quantitative estimate of drug-likeness (QED) is 0.717. The van der Waals surface area contributed by atoms with E-state index in [0.717, 1.165) is 0 Å². The number of benzene rings is 2. The number of aryl methyl sites for hydroxylation is 1. The fourth-order valence-electron chi connectivity index (χ4n) is 3.69. The number of carbonyl (C=O) groups is 1. The molecule has 1 atom stereocenters. The Morgan fingerprint density at radius 1 is 1.32 bits per heavy atom. The first-order valence-electron chi connectivity index (χ1n) is 7.79. The van der Waals surface area contributed by atoms with Crippen LogP contribution in [0.5, 0.6) is 5.75 Å². The van der Waals surface area contributed by atoms with Crippen LogP contribution in [0.1, 0.15) is 39.2 Å². The van der Waals surface area contributed by atoms with Crippen molar-refractivity contribution < 1.29 is 19.4 Å². The molecule has 1 heterocycles. The number of phenols is 1. The van der Waals surface area contributed by atoms with Crippen LogP contribution < -0.4 is 0 Å². The third-order valence-electron chi connectivity index (χ3n) is 4.61. The molecule has 2 N–H and O–H groups in total. The number of halogens is 1. The van der Waals surface area contributed by atoms with E-state index in [1.165, 1.54) is 6.07 Å². The zero-order chi connectivity index (χ0) is 17.9. The topological polar surface area (TPSA) is 70.7 Å². The summed E-state index contributed by atoms with van der Waals surface area (Å²) in [6.07, 6.45) is -0.00977. The van der Waals surface area contributed by atoms with Crippen LogP contribution in [0.4, 0.5) is 0 Å². The Morgan fingerprint density at radius 3 is 2.76 bits per heavy atom. The van der Waals surface area contributed by atoms with E-state index in [-0.39, 0.29) is 34.1 Å². The van der Waals surface area contributed by atoms with Gasteiger partial charge in [0.1, 0.15) is 22.7 Å². The number of phenolic OH excluding ortho intramolecular Hbond substituents is 1. The van der Waals surface area contributed by atoms with Crippen LogP contribution in [0.2, 0.25) is 0 Å². The fraction of sp³-hybridized carbons (Fsp3) is 0.150. The van der Waals surface area contributed by atoms with Crippen LogP contribution in [0.3, 0.4) is 0 Å². The first-order chi connectivity index (χ1) is 11.8. The number of hydrogen-bond donors (Lipinski definition) is 2. The van der Waals surface area contributed by atoms with Gasteiger partial charge in [0.15, 0.2) is 5.78 Å². The molecule has 5 heteroatoms. The Bertz CT molecular complexity index is 1060. The Kier molecular flexibility index (Phi) is 3.33. The summed E-state index contributed by atoms with van der Waals surface area (Å²) in [5, 5.41) is 23.0. The summed E-state index contributed by atoms with van der Waals surface area (Å²) in [7, 11) is 0. The van der Waals surface area contributed by atoms with Crippen LogP contribution in [0, 0.1) is 6.92 Å². The van der Waals surface area contributed by atoms with Crippen LogP contribution in [-0.2, 0) is 5.60 Å². The Balaban J connectivity index is 2.19. The minimum Gasteiger partial charge on any atom is -0.507 e. The summed E-state index contributed by atoms with van der Waals surface area (Å²) in [5.41, 5.74) is -0.223. The van der Waals surface area contributed by atoms with Crippen LogP contribution in [-0.4, -0.2) is 16.0 Å². The second kappa shape index (κ2) is 5.22. The molecular formula is C20H15ClO4. The lowest BCUT2D eigenvalue weighted by Crippen LogP contribution is -2.36. The summed E-state index contributed by atoms with van der Waals surface area (Å²) in [6, 6.07) is 9.99. The minimum atomic E-state index is -1.63. The minimum absolute atomic E-state index is 0.00977. The van der Waals surface area contributed by atoms with E-state index in [2.05, 4.69) is 6.58 Å². The molecule has 4 nitrogen and oxygen atoms in total. The Hall–Kier alpha value is -2.56. The van der Waals surface area contributed by atoms with Gasteiger partial charge in [0.2, 0.25) is 0 Å². The largest absolute Gasteiger partial charge is 0.507 e. The van der Waals surface area contributed by atoms with Gasteiger partial charge in [-0.1, -0.05) is 42.4 Å². The van der Waals surface area contributed by atoms with Crippen molar-refractivity contribution in [2.24, 2.45) is 0 Å². The molecule has 0 saturated carbocycles. The smallest absolute Gasteiger partial charge is 0.197 e. The van der Waals surface area contributed by atoms with Gasteiger partial charge < -0.3 is 14.6 Å². The van der Waals surface area contributed by atoms with Gasteiger partial charge >= 0.3 is 0 Å². The molecule has 0 unspecified atom stereocenters. The Labute approximate surface area is 149 Å². The highest BCUT2D eigenvalue weighted by Gasteiger charge is 2.46. The predicted octanol–water partition coefficient (Wildman–Crippen LogP) is 4.37. The second-order valence-electron chi connectivity index (χ2n) is 6.35. The standard InChI is InChI=1S/C20H15ClO4/c1-10(21)9-20(24)14-6-4-3-5-13(14)18(23)16-15(22)8-12-7-11(2)25-19(12)17(16)20/h3-8,22,24H,1,9H2,2H3/t20-/m1/s1. The zero-order valence-corrected chi connectivity index (χ0v) is 14.2. The summed E-state index contributed by atoms with van der Waals surface area (Å²) in [4.78, 5) is 13.0. The normalized spacial score (nSPS) is 18.9. The average molecular weight is 355 g/mol. The van der Waals surface area contributed by atoms with E-state index in [1.54, 1.807) is 37.3 Å². The van der Waals surface area contributed by atoms with Crippen LogP contribution in [0.25, 0.3) is 11.0 Å². The summed E-state index contributed by atoms with van der Waals surface area (Å²) < 4.78 is 5.77. The molecule has 0 radical (unpaired) electrons. The van der Waals surface area contributed by atoms with E-state index in [4.69, 9.17) is 16.0 Å². The first-order valence-corrected chi connectivity index (χ1v) is 8.17. The van der Waals surface area contributed by atoms with Crippen molar-refractivity contribution in [1.29, 1.82) is 0 Å². The van der Waals surface area contributed by atoms with Crippen molar-refractivity contribution in [3.8, 4) is 5.75 Å². The van der Waals surface area contributed by atoms with Gasteiger partial charge in [0.25, 0.3) is 0 Å².